The lowest BCUT2D eigenvalue weighted by Gasteiger charge is -2.39. The third-order valence-corrected chi connectivity index (χ3v) is 7.20. The Kier molecular flexibility index (Phi) is 2.29. The Morgan fingerprint density at radius 1 is 0.950 bits per heavy atom. The van der Waals surface area contributed by atoms with Crippen LogP contribution in [0.3, 0.4) is 0 Å². The number of hydrogen-bond donors (Lipinski definition) is 1. The zero-order valence-electron chi connectivity index (χ0n) is 12.0. The molecule has 1 heteroatoms. The van der Waals surface area contributed by atoms with Crippen molar-refractivity contribution in [3.05, 3.63) is 35.9 Å². The molecule has 5 rings (SSSR count). The van der Waals surface area contributed by atoms with Crippen LogP contribution in [0.25, 0.3) is 0 Å². The molecule has 4 fully saturated rings. The molecule has 7 unspecified atom stereocenters. The zero-order valence-corrected chi connectivity index (χ0v) is 12.0. The van der Waals surface area contributed by atoms with Gasteiger partial charge in [0, 0.05) is 0 Å². The zero-order chi connectivity index (χ0) is 13.3. The fraction of sp³-hybridized carbons (Fsp3) is 0.684. The van der Waals surface area contributed by atoms with Gasteiger partial charge in [0.05, 0.1) is 5.60 Å². The Balaban J connectivity index is 1.41. The SMILES string of the molecule is OC1(C2CC2c2ccccc2)CC2CC1C1CCCC21. The summed E-state index contributed by atoms with van der Waals surface area (Å²) in [6, 6.07) is 10.9. The first-order valence-electron chi connectivity index (χ1n) is 8.54. The van der Waals surface area contributed by atoms with Crippen molar-refractivity contribution in [2.45, 2.75) is 50.0 Å². The summed E-state index contributed by atoms with van der Waals surface area (Å²) in [5.41, 5.74) is 1.15. The third-order valence-electron chi connectivity index (χ3n) is 7.20. The van der Waals surface area contributed by atoms with Crippen molar-refractivity contribution in [3.63, 3.8) is 0 Å². The first-order chi connectivity index (χ1) is 9.77. The lowest BCUT2D eigenvalue weighted by Crippen LogP contribution is -2.43. The number of aliphatic hydroxyl groups is 1. The van der Waals surface area contributed by atoms with Crippen LogP contribution in [0.5, 0.6) is 0 Å². The van der Waals surface area contributed by atoms with Crippen molar-refractivity contribution in [1.29, 1.82) is 0 Å². The summed E-state index contributed by atoms with van der Waals surface area (Å²) in [6.07, 6.45) is 7.95. The maximum Gasteiger partial charge on any atom is 0.0715 e. The summed E-state index contributed by atoms with van der Waals surface area (Å²) < 4.78 is 0. The predicted molar refractivity (Wildman–Crippen MR) is 79.3 cm³/mol. The number of rotatable bonds is 2. The van der Waals surface area contributed by atoms with Crippen LogP contribution in [-0.4, -0.2) is 10.7 Å². The van der Waals surface area contributed by atoms with Crippen molar-refractivity contribution in [2.24, 2.45) is 29.6 Å². The molecule has 4 saturated carbocycles. The molecule has 0 saturated heterocycles. The van der Waals surface area contributed by atoms with Crippen LogP contribution < -0.4 is 0 Å². The van der Waals surface area contributed by atoms with Crippen LogP contribution in [0, 0.1) is 29.6 Å². The van der Waals surface area contributed by atoms with Gasteiger partial charge in [-0.2, -0.15) is 0 Å². The van der Waals surface area contributed by atoms with Crippen LogP contribution >= 0.6 is 0 Å². The molecule has 0 aliphatic heterocycles. The molecule has 4 aliphatic carbocycles. The van der Waals surface area contributed by atoms with Crippen molar-refractivity contribution in [1.82, 2.24) is 0 Å². The van der Waals surface area contributed by atoms with Crippen LogP contribution in [-0.2, 0) is 0 Å². The fourth-order valence-electron chi connectivity index (χ4n) is 6.40. The first-order valence-corrected chi connectivity index (χ1v) is 8.54. The highest BCUT2D eigenvalue weighted by Gasteiger charge is 2.66. The Labute approximate surface area is 121 Å². The van der Waals surface area contributed by atoms with E-state index in [2.05, 4.69) is 30.3 Å². The van der Waals surface area contributed by atoms with Gasteiger partial charge in [0.15, 0.2) is 0 Å². The Morgan fingerprint density at radius 2 is 1.75 bits per heavy atom. The molecule has 1 aromatic carbocycles. The fourth-order valence-corrected chi connectivity index (χ4v) is 6.40. The molecule has 0 aromatic heterocycles. The summed E-state index contributed by atoms with van der Waals surface area (Å²) in [4.78, 5) is 0. The smallest absolute Gasteiger partial charge is 0.0715 e. The van der Waals surface area contributed by atoms with E-state index in [0.29, 0.717) is 17.8 Å². The molecular weight excluding hydrogens is 244 g/mol. The highest BCUT2D eigenvalue weighted by molar-refractivity contribution is 5.30. The van der Waals surface area contributed by atoms with E-state index in [1.807, 2.05) is 0 Å². The molecule has 2 bridgehead atoms. The minimum Gasteiger partial charge on any atom is -0.389 e. The number of benzene rings is 1. The average molecular weight is 268 g/mol. The van der Waals surface area contributed by atoms with Crippen LogP contribution in [0.2, 0.25) is 0 Å². The first kappa shape index (κ1) is 11.8. The van der Waals surface area contributed by atoms with Gasteiger partial charge in [-0.05, 0) is 73.2 Å². The predicted octanol–water partition coefficient (Wildman–Crippen LogP) is 3.98. The lowest BCUT2D eigenvalue weighted by molar-refractivity contribution is -0.0649. The Bertz CT molecular complexity index is 524. The van der Waals surface area contributed by atoms with E-state index < -0.39 is 0 Å². The van der Waals surface area contributed by atoms with E-state index in [9.17, 15) is 5.11 Å². The van der Waals surface area contributed by atoms with Crippen molar-refractivity contribution in [2.75, 3.05) is 0 Å². The summed E-state index contributed by atoms with van der Waals surface area (Å²) in [6.45, 7) is 0. The van der Waals surface area contributed by atoms with Gasteiger partial charge in [0.25, 0.3) is 0 Å². The Morgan fingerprint density at radius 3 is 2.60 bits per heavy atom. The van der Waals surface area contributed by atoms with Gasteiger partial charge in [0.2, 0.25) is 0 Å². The van der Waals surface area contributed by atoms with Crippen LogP contribution in [0.1, 0.15) is 50.0 Å². The molecular formula is C19H24O. The summed E-state index contributed by atoms with van der Waals surface area (Å²) in [7, 11) is 0. The molecule has 20 heavy (non-hydrogen) atoms. The van der Waals surface area contributed by atoms with Crippen molar-refractivity contribution < 1.29 is 5.11 Å². The van der Waals surface area contributed by atoms with Gasteiger partial charge in [0.1, 0.15) is 0 Å². The van der Waals surface area contributed by atoms with E-state index in [1.54, 1.807) is 0 Å². The standard InChI is InChI=1S/C19H24O/c20-19(18-10-16(18)12-5-2-1-3-6-12)11-13-9-17(19)15-8-4-7-14(13)15/h1-3,5-6,13-18,20H,4,7-11H2. The highest BCUT2D eigenvalue weighted by Crippen LogP contribution is 2.69. The van der Waals surface area contributed by atoms with Crippen molar-refractivity contribution >= 4 is 0 Å². The largest absolute Gasteiger partial charge is 0.389 e. The molecule has 1 nitrogen and oxygen atoms in total. The normalized spacial score (nSPS) is 52.2. The molecule has 106 valence electrons. The second-order valence-corrected chi connectivity index (χ2v) is 7.92. The topological polar surface area (TPSA) is 20.2 Å². The molecule has 0 heterocycles. The quantitative estimate of drug-likeness (QED) is 0.860. The van der Waals surface area contributed by atoms with Crippen LogP contribution in [0.4, 0.5) is 0 Å². The molecule has 1 N–H and O–H groups in total. The maximum absolute atomic E-state index is 11.4. The van der Waals surface area contributed by atoms with Gasteiger partial charge >= 0.3 is 0 Å². The van der Waals surface area contributed by atoms with E-state index in [1.165, 1.54) is 37.7 Å². The van der Waals surface area contributed by atoms with Gasteiger partial charge < -0.3 is 5.11 Å². The highest BCUT2D eigenvalue weighted by atomic mass is 16.3. The number of fused-ring (bicyclic) bond motifs is 5. The number of hydrogen-bond acceptors (Lipinski definition) is 1. The maximum atomic E-state index is 11.4. The second-order valence-electron chi connectivity index (χ2n) is 7.92. The Hall–Kier alpha value is -0.820. The van der Waals surface area contributed by atoms with Crippen LogP contribution in [0.15, 0.2) is 30.3 Å². The minimum atomic E-state index is -0.309. The second kappa shape index (κ2) is 3.88. The molecule has 7 atom stereocenters. The minimum absolute atomic E-state index is 0.309. The molecule has 4 aliphatic rings. The summed E-state index contributed by atoms with van der Waals surface area (Å²) in [5.74, 6) is 4.54. The van der Waals surface area contributed by atoms with Gasteiger partial charge in [-0.3, -0.25) is 0 Å². The van der Waals surface area contributed by atoms with E-state index in [4.69, 9.17) is 0 Å². The molecule has 0 spiro atoms. The van der Waals surface area contributed by atoms with Gasteiger partial charge in [-0.15, -0.1) is 0 Å². The molecule has 1 aromatic rings. The van der Waals surface area contributed by atoms with Gasteiger partial charge in [-0.25, -0.2) is 0 Å². The van der Waals surface area contributed by atoms with Gasteiger partial charge in [-0.1, -0.05) is 36.8 Å². The molecule has 0 amide bonds. The third kappa shape index (κ3) is 1.43. The lowest BCUT2D eigenvalue weighted by atomic mass is 9.70. The monoisotopic (exact) mass is 268 g/mol. The average Bonchev–Trinajstić information content (AvgIpc) is 2.84. The summed E-state index contributed by atoms with van der Waals surface area (Å²) in [5, 5.41) is 11.4. The molecule has 0 radical (unpaired) electrons. The van der Waals surface area contributed by atoms with E-state index in [0.717, 1.165) is 24.2 Å². The summed E-state index contributed by atoms with van der Waals surface area (Å²) >= 11 is 0. The van der Waals surface area contributed by atoms with Crippen molar-refractivity contribution in [3.8, 4) is 0 Å². The van der Waals surface area contributed by atoms with E-state index in [-0.39, 0.29) is 5.60 Å². The van der Waals surface area contributed by atoms with E-state index >= 15 is 0 Å².